The lowest BCUT2D eigenvalue weighted by Gasteiger charge is -2.24. The predicted octanol–water partition coefficient (Wildman–Crippen LogP) is 2.80. The minimum absolute atomic E-state index is 0.147. The van der Waals surface area contributed by atoms with E-state index in [9.17, 15) is 10.1 Å². The van der Waals surface area contributed by atoms with E-state index in [1.165, 1.54) is 0 Å². The first kappa shape index (κ1) is 17.6. The Morgan fingerprint density at radius 2 is 2.04 bits per heavy atom. The number of hydrogen-bond acceptors (Lipinski definition) is 5. The van der Waals surface area contributed by atoms with Crippen molar-refractivity contribution in [2.75, 3.05) is 13.7 Å². The van der Waals surface area contributed by atoms with Crippen molar-refractivity contribution in [2.45, 2.75) is 38.0 Å². The lowest BCUT2D eigenvalue weighted by atomic mass is 9.77. The van der Waals surface area contributed by atoms with Gasteiger partial charge in [0, 0.05) is 5.92 Å². The molecule has 2 aliphatic rings. The van der Waals surface area contributed by atoms with E-state index >= 15 is 0 Å². The van der Waals surface area contributed by atoms with Crippen LogP contribution >= 0.6 is 0 Å². The first-order valence-electron chi connectivity index (χ1n) is 8.73. The molecule has 4 atom stereocenters. The molecule has 134 valence electrons. The van der Waals surface area contributed by atoms with Crippen LogP contribution in [-0.2, 0) is 10.2 Å². The van der Waals surface area contributed by atoms with Crippen LogP contribution in [0.2, 0.25) is 0 Å². The van der Waals surface area contributed by atoms with Crippen LogP contribution < -0.4 is 15.0 Å². The summed E-state index contributed by atoms with van der Waals surface area (Å²) in [6.45, 7) is 2.45. The minimum atomic E-state index is -0.548. The number of nitrogens with one attached hydrogen (secondary N) is 1. The monoisotopic (exact) mass is 344 g/mol. The van der Waals surface area contributed by atoms with Crippen LogP contribution in [0.1, 0.15) is 38.2 Å². The molecule has 3 rings (SSSR count). The molecule has 1 aromatic carbocycles. The first-order valence-corrected chi connectivity index (χ1v) is 8.73. The topological polar surface area (TPSA) is 91.6 Å². The summed E-state index contributed by atoms with van der Waals surface area (Å²) in [5.74, 6) is 1.54. The Bertz CT molecular complexity index is 683. The second kappa shape index (κ2) is 6.93. The Labute approximate surface area is 147 Å². The van der Waals surface area contributed by atoms with Crippen molar-refractivity contribution in [3.05, 3.63) is 23.8 Å². The highest BCUT2D eigenvalue weighted by molar-refractivity contribution is 5.77. The molecule has 1 amide bonds. The Balaban J connectivity index is 1.84. The smallest absolute Gasteiger partial charge is 0.246 e. The molecule has 6 nitrogen and oxygen atoms in total. The number of rotatable bonds is 5. The molecule has 0 saturated heterocycles. The van der Waals surface area contributed by atoms with Gasteiger partial charge in [-0.2, -0.15) is 5.26 Å². The highest BCUT2D eigenvalue weighted by atomic mass is 16.5. The SMILES string of the molecule is CCOc1cc(C2(C#N)C[C@H]3CC(C(=O)NO)C[C@H]3C2)ccc1OC. The molecule has 2 saturated carbocycles. The van der Waals surface area contributed by atoms with Crippen LogP contribution in [0.15, 0.2) is 18.2 Å². The summed E-state index contributed by atoms with van der Waals surface area (Å²) in [7, 11) is 1.60. The van der Waals surface area contributed by atoms with E-state index in [1.807, 2.05) is 25.1 Å². The van der Waals surface area contributed by atoms with Gasteiger partial charge in [0.2, 0.25) is 5.91 Å². The van der Waals surface area contributed by atoms with Crippen molar-refractivity contribution >= 4 is 5.91 Å². The summed E-state index contributed by atoms with van der Waals surface area (Å²) in [5.41, 5.74) is 2.17. The van der Waals surface area contributed by atoms with Gasteiger partial charge >= 0.3 is 0 Å². The number of methoxy groups -OCH3 is 1. The largest absolute Gasteiger partial charge is 0.493 e. The standard InChI is InChI=1S/C19H24N2O4/c1-3-25-17-8-15(4-5-16(17)24-2)19(11-20)9-13-6-12(18(22)21-23)7-14(13)10-19/h4-5,8,12-14,23H,3,6-7,9-10H2,1-2H3,(H,21,22)/t12?,13-,14+,19?. The minimum Gasteiger partial charge on any atom is -0.493 e. The number of benzene rings is 1. The van der Waals surface area contributed by atoms with Crippen LogP contribution in [0.25, 0.3) is 0 Å². The molecule has 2 aliphatic carbocycles. The number of amides is 1. The molecule has 2 N–H and O–H groups in total. The highest BCUT2D eigenvalue weighted by Crippen LogP contribution is 2.56. The molecule has 0 bridgehead atoms. The number of hydrogen-bond donors (Lipinski definition) is 2. The van der Waals surface area contributed by atoms with Crippen LogP contribution in [0.3, 0.4) is 0 Å². The summed E-state index contributed by atoms with van der Waals surface area (Å²) in [6, 6.07) is 8.27. The Hall–Kier alpha value is -2.26. The number of carbonyl (C=O) groups excluding carboxylic acids is 1. The number of carbonyl (C=O) groups is 1. The van der Waals surface area contributed by atoms with E-state index in [0.29, 0.717) is 29.9 Å². The van der Waals surface area contributed by atoms with E-state index in [2.05, 4.69) is 6.07 Å². The second-order valence-corrected chi connectivity index (χ2v) is 7.07. The van der Waals surface area contributed by atoms with Gasteiger partial charge in [0.1, 0.15) is 0 Å². The molecule has 1 aromatic rings. The molecule has 0 aliphatic heterocycles. The maximum atomic E-state index is 11.7. The van der Waals surface area contributed by atoms with Crippen LogP contribution in [-0.4, -0.2) is 24.8 Å². The van der Waals surface area contributed by atoms with Gasteiger partial charge in [-0.05, 0) is 62.1 Å². The van der Waals surface area contributed by atoms with Crippen molar-refractivity contribution in [2.24, 2.45) is 17.8 Å². The maximum Gasteiger partial charge on any atom is 0.246 e. The second-order valence-electron chi connectivity index (χ2n) is 7.07. The van der Waals surface area contributed by atoms with Gasteiger partial charge in [-0.25, -0.2) is 5.48 Å². The number of fused-ring (bicyclic) bond motifs is 1. The van der Waals surface area contributed by atoms with Gasteiger partial charge < -0.3 is 9.47 Å². The van der Waals surface area contributed by atoms with Crippen molar-refractivity contribution in [1.29, 1.82) is 5.26 Å². The van der Waals surface area contributed by atoms with Crippen molar-refractivity contribution in [1.82, 2.24) is 5.48 Å². The molecular weight excluding hydrogens is 320 g/mol. The molecule has 0 radical (unpaired) electrons. The summed E-state index contributed by atoms with van der Waals surface area (Å²) in [4.78, 5) is 11.7. The molecule has 25 heavy (non-hydrogen) atoms. The zero-order chi connectivity index (χ0) is 18.0. The van der Waals surface area contributed by atoms with Gasteiger partial charge in [0.15, 0.2) is 11.5 Å². The van der Waals surface area contributed by atoms with E-state index in [4.69, 9.17) is 14.7 Å². The van der Waals surface area contributed by atoms with Gasteiger partial charge in [0.25, 0.3) is 0 Å². The maximum absolute atomic E-state index is 11.7. The average Bonchev–Trinajstić information content (AvgIpc) is 3.18. The fourth-order valence-corrected chi connectivity index (χ4v) is 4.63. The van der Waals surface area contributed by atoms with Gasteiger partial charge in [-0.3, -0.25) is 10.0 Å². The molecule has 6 heteroatoms. The summed E-state index contributed by atoms with van der Waals surface area (Å²) in [5, 5.41) is 18.8. The lowest BCUT2D eigenvalue weighted by Crippen LogP contribution is -2.28. The third-order valence-corrected chi connectivity index (χ3v) is 5.77. The van der Waals surface area contributed by atoms with E-state index in [0.717, 1.165) is 31.2 Å². The van der Waals surface area contributed by atoms with Crippen LogP contribution in [0.4, 0.5) is 0 Å². The fraction of sp³-hybridized carbons (Fsp3) is 0.579. The summed E-state index contributed by atoms with van der Waals surface area (Å²) in [6.07, 6.45) is 2.94. The zero-order valence-corrected chi connectivity index (χ0v) is 14.6. The summed E-state index contributed by atoms with van der Waals surface area (Å²) >= 11 is 0. The first-order chi connectivity index (χ1) is 12.1. The quantitative estimate of drug-likeness (QED) is 0.633. The molecule has 2 fully saturated rings. The van der Waals surface area contributed by atoms with Crippen LogP contribution in [0.5, 0.6) is 11.5 Å². The molecule has 0 aromatic heterocycles. The zero-order valence-electron chi connectivity index (χ0n) is 14.6. The van der Waals surface area contributed by atoms with Gasteiger partial charge in [-0.1, -0.05) is 6.07 Å². The van der Waals surface area contributed by atoms with Crippen molar-refractivity contribution < 1.29 is 19.5 Å². The number of nitrogens with zero attached hydrogens (tertiary/aromatic N) is 1. The van der Waals surface area contributed by atoms with Gasteiger partial charge in [0.05, 0.1) is 25.2 Å². The Morgan fingerprint density at radius 3 is 2.56 bits per heavy atom. The summed E-state index contributed by atoms with van der Waals surface area (Å²) < 4.78 is 11.0. The van der Waals surface area contributed by atoms with Gasteiger partial charge in [-0.15, -0.1) is 0 Å². The van der Waals surface area contributed by atoms with Crippen LogP contribution in [0, 0.1) is 29.1 Å². The number of ether oxygens (including phenoxy) is 2. The van der Waals surface area contributed by atoms with E-state index < -0.39 is 5.41 Å². The molecule has 0 spiro atoms. The third-order valence-electron chi connectivity index (χ3n) is 5.77. The third kappa shape index (κ3) is 3.05. The van der Waals surface area contributed by atoms with Crippen molar-refractivity contribution in [3.8, 4) is 17.6 Å². The Kier molecular flexibility index (Phi) is 4.87. The molecular formula is C19H24N2O4. The fourth-order valence-electron chi connectivity index (χ4n) is 4.63. The van der Waals surface area contributed by atoms with Crippen molar-refractivity contribution in [3.63, 3.8) is 0 Å². The van der Waals surface area contributed by atoms with E-state index in [1.54, 1.807) is 12.6 Å². The number of hydroxylamine groups is 1. The molecule has 0 heterocycles. The number of nitriles is 1. The predicted molar refractivity (Wildman–Crippen MR) is 90.3 cm³/mol. The van der Waals surface area contributed by atoms with E-state index in [-0.39, 0.29) is 11.8 Å². The highest BCUT2D eigenvalue weighted by Gasteiger charge is 2.52. The normalized spacial score (nSPS) is 30.4. The Morgan fingerprint density at radius 1 is 1.36 bits per heavy atom. The molecule has 2 unspecified atom stereocenters. The lowest BCUT2D eigenvalue weighted by molar-refractivity contribution is -0.133. The average molecular weight is 344 g/mol.